The van der Waals surface area contributed by atoms with Gasteiger partial charge in [-0.05, 0) is 42.0 Å². The number of carbonyl (C=O) groups is 2. The molecule has 1 N–H and O–H groups in total. The van der Waals surface area contributed by atoms with E-state index in [1.165, 1.54) is 11.3 Å². The molecule has 0 saturated heterocycles. The quantitative estimate of drug-likeness (QED) is 0.658. The summed E-state index contributed by atoms with van der Waals surface area (Å²) < 4.78 is 10.5. The summed E-state index contributed by atoms with van der Waals surface area (Å²) in [5, 5.41) is 4.77. The predicted molar refractivity (Wildman–Crippen MR) is 98.8 cm³/mol. The fraction of sp³-hybridized carbons (Fsp3) is 0.368. The number of hydrogen-bond acceptors (Lipinski definition) is 5. The lowest BCUT2D eigenvalue weighted by Gasteiger charge is -2.10. The summed E-state index contributed by atoms with van der Waals surface area (Å²) in [6.45, 7) is 0.549. The molecule has 0 radical (unpaired) electrons. The molecule has 1 aromatic heterocycles. The Kier molecular flexibility index (Phi) is 7.47. The number of ketones is 1. The Morgan fingerprint density at radius 1 is 1.08 bits per heavy atom. The van der Waals surface area contributed by atoms with Crippen molar-refractivity contribution in [1.82, 2.24) is 5.32 Å². The summed E-state index contributed by atoms with van der Waals surface area (Å²) >= 11 is 1.44. The highest BCUT2D eigenvalue weighted by molar-refractivity contribution is 7.12. The molecule has 134 valence electrons. The van der Waals surface area contributed by atoms with E-state index in [4.69, 9.17) is 9.47 Å². The van der Waals surface area contributed by atoms with Gasteiger partial charge >= 0.3 is 0 Å². The standard InChI is InChI=1S/C19H23NO4S/c1-23-16-9-8-14(13-17(16)24-2)10-11-20-19(22)7-3-5-15(21)18-6-4-12-25-18/h4,6,8-9,12-13H,3,5,7,10-11H2,1-2H3,(H,20,22). The molecule has 0 aliphatic rings. The average molecular weight is 361 g/mol. The third-order valence-electron chi connectivity index (χ3n) is 3.79. The van der Waals surface area contributed by atoms with E-state index in [9.17, 15) is 9.59 Å². The van der Waals surface area contributed by atoms with E-state index in [1.807, 2.05) is 35.7 Å². The van der Waals surface area contributed by atoms with Crippen molar-refractivity contribution in [3.05, 3.63) is 46.2 Å². The van der Waals surface area contributed by atoms with Crippen LogP contribution in [0.25, 0.3) is 0 Å². The first-order valence-corrected chi connectivity index (χ1v) is 9.06. The minimum Gasteiger partial charge on any atom is -0.493 e. The van der Waals surface area contributed by atoms with Crippen molar-refractivity contribution in [2.24, 2.45) is 0 Å². The maximum absolute atomic E-state index is 11.9. The van der Waals surface area contributed by atoms with Crippen molar-refractivity contribution in [3.63, 3.8) is 0 Å². The molecule has 0 bridgehead atoms. The van der Waals surface area contributed by atoms with Crippen LogP contribution in [0.4, 0.5) is 0 Å². The number of amides is 1. The second-order valence-electron chi connectivity index (χ2n) is 5.54. The van der Waals surface area contributed by atoms with Gasteiger partial charge in [0.25, 0.3) is 0 Å². The van der Waals surface area contributed by atoms with Crippen molar-refractivity contribution in [2.75, 3.05) is 20.8 Å². The van der Waals surface area contributed by atoms with E-state index in [2.05, 4.69) is 5.32 Å². The van der Waals surface area contributed by atoms with Gasteiger partial charge in [-0.1, -0.05) is 12.1 Å². The van der Waals surface area contributed by atoms with Crippen LogP contribution < -0.4 is 14.8 Å². The van der Waals surface area contributed by atoms with Gasteiger partial charge in [-0.2, -0.15) is 0 Å². The molecule has 1 amide bonds. The van der Waals surface area contributed by atoms with Crippen LogP contribution in [-0.2, 0) is 11.2 Å². The summed E-state index contributed by atoms with van der Waals surface area (Å²) in [6.07, 6.45) is 2.05. The number of methoxy groups -OCH3 is 2. The summed E-state index contributed by atoms with van der Waals surface area (Å²) in [5.74, 6) is 1.44. The largest absolute Gasteiger partial charge is 0.493 e. The normalized spacial score (nSPS) is 10.3. The number of carbonyl (C=O) groups excluding carboxylic acids is 2. The molecule has 6 heteroatoms. The molecule has 0 fully saturated rings. The van der Waals surface area contributed by atoms with Crippen LogP contribution in [0, 0.1) is 0 Å². The van der Waals surface area contributed by atoms with Crippen LogP contribution in [0.1, 0.15) is 34.5 Å². The summed E-state index contributed by atoms with van der Waals surface area (Å²) in [7, 11) is 3.20. The molecule has 0 unspecified atom stereocenters. The number of ether oxygens (including phenoxy) is 2. The second-order valence-corrected chi connectivity index (χ2v) is 6.49. The molecule has 0 saturated carbocycles. The molecule has 2 aromatic rings. The fourth-order valence-corrected chi connectivity index (χ4v) is 3.14. The topological polar surface area (TPSA) is 64.6 Å². The number of thiophene rings is 1. The van der Waals surface area contributed by atoms with Crippen molar-refractivity contribution < 1.29 is 19.1 Å². The summed E-state index contributed by atoms with van der Waals surface area (Å²) in [4.78, 5) is 24.5. The van der Waals surface area contributed by atoms with Gasteiger partial charge in [0.15, 0.2) is 17.3 Å². The van der Waals surface area contributed by atoms with Crippen LogP contribution in [0.5, 0.6) is 11.5 Å². The van der Waals surface area contributed by atoms with Gasteiger partial charge in [-0.3, -0.25) is 9.59 Å². The Hall–Kier alpha value is -2.34. The number of benzene rings is 1. The lowest BCUT2D eigenvalue weighted by molar-refractivity contribution is -0.121. The first-order valence-electron chi connectivity index (χ1n) is 8.18. The predicted octanol–water partition coefficient (Wildman–Crippen LogP) is 3.48. The molecule has 1 aromatic carbocycles. The Morgan fingerprint density at radius 3 is 2.56 bits per heavy atom. The number of nitrogens with one attached hydrogen (secondary N) is 1. The highest BCUT2D eigenvalue weighted by Gasteiger charge is 2.09. The fourth-order valence-electron chi connectivity index (χ4n) is 2.44. The lowest BCUT2D eigenvalue weighted by Crippen LogP contribution is -2.25. The minimum atomic E-state index is -0.0283. The highest BCUT2D eigenvalue weighted by atomic mass is 32.1. The molecule has 0 aliphatic carbocycles. The summed E-state index contributed by atoms with van der Waals surface area (Å²) in [6, 6.07) is 9.39. The molecule has 5 nitrogen and oxygen atoms in total. The maximum atomic E-state index is 11.9. The highest BCUT2D eigenvalue weighted by Crippen LogP contribution is 2.27. The van der Waals surface area contributed by atoms with Gasteiger partial charge in [-0.25, -0.2) is 0 Å². The van der Waals surface area contributed by atoms with Crippen molar-refractivity contribution in [3.8, 4) is 11.5 Å². The first-order chi connectivity index (χ1) is 12.1. The Morgan fingerprint density at radius 2 is 1.88 bits per heavy atom. The van der Waals surface area contributed by atoms with Crippen molar-refractivity contribution in [1.29, 1.82) is 0 Å². The molecule has 0 aliphatic heterocycles. The third-order valence-corrected chi connectivity index (χ3v) is 4.70. The second kappa shape index (κ2) is 9.84. The molecule has 1 heterocycles. The Bertz CT molecular complexity index is 697. The van der Waals surface area contributed by atoms with Gasteiger partial charge in [0.2, 0.25) is 5.91 Å². The van der Waals surface area contributed by atoms with Crippen molar-refractivity contribution in [2.45, 2.75) is 25.7 Å². The maximum Gasteiger partial charge on any atom is 0.220 e. The molecular formula is C19H23NO4S. The van der Waals surface area contributed by atoms with E-state index in [0.29, 0.717) is 43.7 Å². The van der Waals surface area contributed by atoms with Gasteiger partial charge < -0.3 is 14.8 Å². The van der Waals surface area contributed by atoms with Crippen LogP contribution in [0.3, 0.4) is 0 Å². The van der Waals surface area contributed by atoms with Crippen LogP contribution >= 0.6 is 11.3 Å². The van der Waals surface area contributed by atoms with Crippen LogP contribution in [-0.4, -0.2) is 32.5 Å². The van der Waals surface area contributed by atoms with E-state index < -0.39 is 0 Å². The average Bonchev–Trinajstić information content (AvgIpc) is 3.16. The van der Waals surface area contributed by atoms with Gasteiger partial charge in [-0.15, -0.1) is 11.3 Å². The van der Waals surface area contributed by atoms with E-state index in [0.717, 1.165) is 10.4 Å². The monoisotopic (exact) mass is 361 g/mol. The van der Waals surface area contributed by atoms with Crippen LogP contribution in [0.2, 0.25) is 0 Å². The van der Waals surface area contributed by atoms with E-state index in [-0.39, 0.29) is 11.7 Å². The number of Topliss-reactive ketones (excluding diaryl/α,β-unsaturated/α-hetero) is 1. The Balaban J connectivity index is 1.67. The summed E-state index contributed by atoms with van der Waals surface area (Å²) in [5.41, 5.74) is 1.06. The number of hydrogen-bond donors (Lipinski definition) is 1. The van der Waals surface area contributed by atoms with Gasteiger partial charge in [0.1, 0.15) is 0 Å². The Labute approximate surface area is 152 Å². The minimum absolute atomic E-state index is 0.0283. The molecular weight excluding hydrogens is 338 g/mol. The molecule has 25 heavy (non-hydrogen) atoms. The van der Waals surface area contributed by atoms with E-state index in [1.54, 1.807) is 14.2 Å². The van der Waals surface area contributed by atoms with Crippen molar-refractivity contribution >= 4 is 23.0 Å². The number of rotatable bonds is 10. The van der Waals surface area contributed by atoms with Crippen LogP contribution in [0.15, 0.2) is 35.7 Å². The zero-order chi connectivity index (χ0) is 18.1. The molecule has 0 spiro atoms. The smallest absolute Gasteiger partial charge is 0.220 e. The zero-order valence-corrected chi connectivity index (χ0v) is 15.4. The van der Waals surface area contributed by atoms with Gasteiger partial charge in [0, 0.05) is 19.4 Å². The first kappa shape index (κ1) is 19.0. The SMILES string of the molecule is COc1ccc(CCNC(=O)CCCC(=O)c2cccs2)cc1OC. The molecule has 2 rings (SSSR count). The zero-order valence-electron chi connectivity index (χ0n) is 14.5. The third kappa shape index (κ3) is 5.90. The lowest BCUT2D eigenvalue weighted by atomic mass is 10.1. The van der Waals surface area contributed by atoms with Gasteiger partial charge in [0.05, 0.1) is 19.1 Å². The van der Waals surface area contributed by atoms with E-state index >= 15 is 0 Å². The molecule has 0 atom stereocenters.